The van der Waals surface area contributed by atoms with Crippen LogP contribution in [0.15, 0.2) is 6.07 Å². The van der Waals surface area contributed by atoms with E-state index in [4.69, 9.17) is 0 Å². The van der Waals surface area contributed by atoms with Crippen LogP contribution in [0.2, 0.25) is 0 Å². The Balaban J connectivity index is 2.73. The lowest BCUT2D eigenvalue weighted by Gasteiger charge is -2.15. The van der Waals surface area contributed by atoms with E-state index < -0.39 is 6.36 Å². The first kappa shape index (κ1) is 14.3. The van der Waals surface area contributed by atoms with Crippen LogP contribution < -0.4 is 4.74 Å². The molecule has 0 unspecified atom stereocenters. The Morgan fingerprint density at radius 1 is 1.11 bits per heavy atom. The van der Waals surface area contributed by atoms with E-state index in [0.29, 0.717) is 31.6 Å². The SMILES string of the molecule is Cc1nc(I)c2cc(OC(F)(F)F)c(C)c(C)c2n1. The number of hydrogen-bond donors (Lipinski definition) is 0. The van der Waals surface area contributed by atoms with Crippen LogP contribution in [0.1, 0.15) is 17.0 Å². The fourth-order valence-electron chi connectivity index (χ4n) is 1.79. The second kappa shape index (κ2) is 4.77. The molecule has 7 heteroatoms. The van der Waals surface area contributed by atoms with Gasteiger partial charge in [0.25, 0.3) is 0 Å². The molecule has 0 spiro atoms. The molecule has 19 heavy (non-hydrogen) atoms. The minimum absolute atomic E-state index is 0.206. The molecule has 1 aromatic carbocycles. The molecule has 0 N–H and O–H groups in total. The Bertz CT molecular complexity index is 656. The van der Waals surface area contributed by atoms with E-state index in [-0.39, 0.29) is 5.75 Å². The quantitative estimate of drug-likeness (QED) is 0.551. The molecule has 2 rings (SSSR count). The number of rotatable bonds is 1. The summed E-state index contributed by atoms with van der Waals surface area (Å²) in [5.41, 5.74) is 1.75. The number of halogens is 4. The van der Waals surface area contributed by atoms with E-state index in [2.05, 4.69) is 14.7 Å². The Labute approximate surface area is 121 Å². The normalized spacial score (nSPS) is 11.9. The predicted octanol–water partition coefficient (Wildman–Crippen LogP) is 4.06. The van der Waals surface area contributed by atoms with Gasteiger partial charge in [0.15, 0.2) is 0 Å². The van der Waals surface area contributed by atoms with Gasteiger partial charge in [0.05, 0.1) is 5.52 Å². The van der Waals surface area contributed by atoms with Crippen LogP contribution in [0.4, 0.5) is 13.2 Å². The average Bonchev–Trinajstić information content (AvgIpc) is 2.25. The minimum Gasteiger partial charge on any atom is -0.405 e. The van der Waals surface area contributed by atoms with E-state index in [1.807, 2.05) is 22.6 Å². The van der Waals surface area contributed by atoms with Crippen molar-refractivity contribution in [3.63, 3.8) is 0 Å². The molecule has 0 aliphatic carbocycles. The minimum atomic E-state index is -4.71. The Morgan fingerprint density at radius 2 is 1.74 bits per heavy atom. The zero-order valence-corrected chi connectivity index (χ0v) is 12.5. The first-order chi connectivity index (χ1) is 8.69. The molecule has 0 fully saturated rings. The summed E-state index contributed by atoms with van der Waals surface area (Å²) in [4.78, 5) is 8.43. The second-order valence-electron chi connectivity index (χ2n) is 4.13. The van der Waals surface area contributed by atoms with Gasteiger partial charge in [0.1, 0.15) is 15.3 Å². The van der Waals surface area contributed by atoms with Crippen LogP contribution in [0.25, 0.3) is 10.9 Å². The summed E-state index contributed by atoms with van der Waals surface area (Å²) in [6, 6.07) is 1.34. The molecule has 1 aromatic heterocycles. The van der Waals surface area contributed by atoms with Crippen molar-refractivity contribution >= 4 is 33.5 Å². The smallest absolute Gasteiger partial charge is 0.405 e. The fourth-order valence-corrected chi connectivity index (χ4v) is 2.55. The lowest BCUT2D eigenvalue weighted by molar-refractivity contribution is -0.274. The topological polar surface area (TPSA) is 35.0 Å². The van der Waals surface area contributed by atoms with Crippen molar-refractivity contribution in [3.8, 4) is 5.75 Å². The van der Waals surface area contributed by atoms with Gasteiger partial charge < -0.3 is 4.74 Å². The molecule has 0 saturated carbocycles. The second-order valence-corrected chi connectivity index (χ2v) is 5.15. The van der Waals surface area contributed by atoms with Crippen molar-refractivity contribution in [3.05, 3.63) is 26.7 Å². The number of fused-ring (bicyclic) bond motifs is 1. The lowest BCUT2D eigenvalue weighted by Crippen LogP contribution is -2.18. The van der Waals surface area contributed by atoms with Crippen molar-refractivity contribution < 1.29 is 17.9 Å². The number of aryl methyl sites for hydroxylation is 2. The van der Waals surface area contributed by atoms with Crippen molar-refractivity contribution in [1.29, 1.82) is 0 Å². The number of aromatic nitrogens is 2. The number of hydrogen-bond acceptors (Lipinski definition) is 3. The van der Waals surface area contributed by atoms with E-state index >= 15 is 0 Å². The van der Waals surface area contributed by atoms with Crippen LogP contribution in [0.3, 0.4) is 0 Å². The third-order valence-electron chi connectivity index (χ3n) is 2.80. The highest BCUT2D eigenvalue weighted by Gasteiger charge is 2.32. The highest BCUT2D eigenvalue weighted by atomic mass is 127. The average molecular weight is 382 g/mol. The maximum atomic E-state index is 12.4. The molecule has 1 heterocycles. The third-order valence-corrected chi connectivity index (χ3v) is 3.62. The Hall–Kier alpha value is -1.12. The Kier molecular flexibility index (Phi) is 3.59. The molecule has 102 valence electrons. The van der Waals surface area contributed by atoms with E-state index in [0.717, 1.165) is 0 Å². The zero-order chi connectivity index (χ0) is 14.4. The molecule has 0 aliphatic heterocycles. The van der Waals surface area contributed by atoms with Gasteiger partial charge in [-0.15, -0.1) is 13.2 Å². The van der Waals surface area contributed by atoms with E-state index in [1.165, 1.54) is 6.07 Å². The van der Waals surface area contributed by atoms with Crippen molar-refractivity contribution in [2.75, 3.05) is 0 Å². The zero-order valence-electron chi connectivity index (χ0n) is 10.4. The number of alkyl halides is 3. The first-order valence-electron chi connectivity index (χ1n) is 5.39. The summed E-state index contributed by atoms with van der Waals surface area (Å²) >= 11 is 1.98. The highest BCUT2D eigenvalue weighted by molar-refractivity contribution is 14.1. The number of ether oxygens (including phenoxy) is 1. The molecular formula is C12H10F3IN2O. The monoisotopic (exact) mass is 382 g/mol. The van der Waals surface area contributed by atoms with Crippen LogP contribution >= 0.6 is 22.6 Å². The molecule has 0 aliphatic rings. The van der Waals surface area contributed by atoms with E-state index in [9.17, 15) is 13.2 Å². The highest BCUT2D eigenvalue weighted by Crippen LogP contribution is 2.33. The molecule has 0 radical (unpaired) electrons. The summed E-state index contributed by atoms with van der Waals surface area (Å²) in [5.74, 6) is 0.381. The Morgan fingerprint density at radius 3 is 2.32 bits per heavy atom. The van der Waals surface area contributed by atoms with Crippen molar-refractivity contribution in [1.82, 2.24) is 9.97 Å². The van der Waals surface area contributed by atoms with Gasteiger partial charge in [-0.1, -0.05) is 0 Å². The van der Waals surface area contributed by atoms with Gasteiger partial charge in [0, 0.05) is 5.39 Å². The van der Waals surface area contributed by atoms with Crippen LogP contribution in [-0.4, -0.2) is 16.3 Å². The standard InChI is InChI=1S/C12H10F3IN2O/c1-5-6(2)10-8(11(16)18-7(3)17-10)4-9(5)19-12(13,14)15/h4H,1-3H3. The largest absolute Gasteiger partial charge is 0.573 e. The number of benzene rings is 1. The van der Waals surface area contributed by atoms with Gasteiger partial charge in [-0.05, 0) is 60.6 Å². The van der Waals surface area contributed by atoms with Crippen molar-refractivity contribution in [2.45, 2.75) is 27.1 Å². The molecule has 3 nitrogen and oxygen atoms in total. The van der Waals surface area contributed by atoms with Crippen LogP contribution in [0.5, 0.6) is 5.75 Å². The fraction of sp³-hybridized carbons (Fsp3) is 0.333. The maximum Gasteiger partial charge on any atom is 0.573 e. The van der Waals surface area contributed by atoms with Gasteiger partial charge >= 0.3 is 6.36 Å². The summed E-state index contributed by atoms with van der Waals surface area (Å²) in [6.07, 6.45) is -4.71. The third kappa shape index (κ3) is 2.90. The first-order valence-corrected chi connectivity index (χ1v) is 6.46. The molecule has 0 amide bonds. The van der Waals surface area contributed by atoms with E-state index in [1.54, 1.807) is 20.8 Å². The molecule has 2 aromatic rings. The van der Waals surface area contributed by atoms with Gasteiger partial charge in [-0.2, -0.15) is 0 Å². The summed E-state index contributed by atoms with van der Waals surface area (Å²) in [5, 5.41) is 0.563. The van der Waals surface area contributed by atoms with Gasteiger partial charge in [0.2, 0.25) is 0 Å². The molecule has 0 bridgehead atoms. The van der Waals surface area contributed by atoms with Crippen LogP contribution in [0, 0.1) is 24.5 Å². The summed E-state index contributed by atoms with van der Waals surface area (Å²) in [7, 11) is 0. The molecule has 0 saturated heterocycles. The summed E-state index contributed by atoms with van der Waals surface area (Å²) < 4.78 is 41.7. The maximum absolute atomic E-state index is 12.4. The molecule has 0 atom stereocenters. The lowest BCUT2D eigenvalue weighted by atomic mass is 10.1. The van der Waals surface area contributed by atoms with Crippen LogP contribution in [-0.2, 0) is 0 Å². The predicted molar refractivity (Wildman–Crippen MR) is 73.1 cm³/mol. The van der Waals surface area contributed by atoms with Gasteiger partial charge in [-0.3, -0.25) is 0 Å². The molecular weight excluding hydrogens is 372 g/mol. The number of nitrogens with zero attached hydrogens (tertiary/aromatic N) is 2. The summed E-state index contributed by atoms with van der Waals surface area (Å²) in [6.45, 7) is 5.06. The van der Waals surface area contributed by atoms with Crippen molar-refractivity contribution in [2.24, 2.45) is 0 Å². The van der Waals surface area contributed by atoms with Gasteiger partial charge in [-0.25, -0.2) is 9.97 Å².